The normalized spacial score (nSPS) is 17.1. The van der Waals surface area contributed by atoms with Gasteiger partial charge in [-0.25, -0.2) is 5.48 Å². The molecule has 0 bridgehead atoms. The molecular weight excluding hydrogens is 292 g/mol. The minimum absolute atomic E-state index is 0.185. The molecule has 0 saturated carbocycles. The molecule has 1 aliphatic rings. The van der Waals surface area contributed by atoms with Crippen LogP contribution < -0.4 is 5.48 Å². The van der Waals surface area contributed by atoms with Crippen molar-refractivity contribution in [2.75, 3.05) is 6.54 Å². The zero-order chi connectivity index (χ0) is 16.2. The largest absolute Gasteiger partial charge is 0.327 e. The number of amides is 2. The standard InChI is InChI=1S/C18H18N2O3/c21-17(19-23)16-7-4-12-20(16)18(22)15-10-8-14(9-11-15)13-5-2-1-3-6-13/h1-3,5-6,8-11,16,23H,4,7,12H2,(H,19,21)/t16-/m0/s1. The van der Waals surface area contributed by atoms with Crippen molar-refractivity contribution in [1.82, 2.24) is 10.4 Å². The van der Waals surface area contributed by atoms with Crippen LogP contribution in [0.5, 0.6) is 0 Å². The summed E-state index contributed by atoms with van der Waals surface area (Å²) in [5.41, 5.74) is 4.31. The summed E-state index contributed by atoms with van der Waals surface area (Å²) in [6, 6.07) is 16.7. The van der Waals surface area contributed by atoms with Crippen molar-refractivity contribution in [2.24, 2.45) is 0 Å². The molecule has 2 amide bonds. The number of carbonyl (C=O) groups is 2. The third-order valence-corrected chi connectivity index (χ3v) is 4.17. The molecule has 3 rings (SSSR count). The smallest absolute Gasteiger partial charge is 0.266 e. The van der Waals surface area contributed by atoms with E-state index in [1.165, 1.54) is 4.90 Å². The Hall–Kier alpha value is -2.66. The van der Waals surface area contributed by atoms with Crippen LogP contribution in [0.4, 0.5) is 0 Å². The molecule has 0 unspecified atom stereocenters. The fourth-order valence-corrected chi connectivity index (χ4v) is 2.96. The van der Waals surface area contributed by atoms with E-state index in [1.807, 2.05) is 42.5 Å². The van der Waals surface area contributed by atoms with Gasteiger partial charge in [0.15, 0.2) is 0 Å². The van der Waals surface area contributed by atoms with Gasteiger partial charge in [0, 0.05) is 12.1 Å². The van der Waals surface area contributed by atoms with Gasteiger partial charge < -0.3 is 4.90 Å². The van der Waals surface area contributed by atoms with Gasteiger partial charge in [-0.05, 0) is 36.1 Å². The van der Waals surface area contributed by atoms with Crippen LogP contribution in [0, 0.1) is 0 Å². The zero-order valence-corrected chi connectivity index (χ0v) is 12.6. The number of carbonyl (C=O) groups excluding carboxylic acids is 2. The first-order valence-electron chi connectivity index (χ1n) is 7.61. The lowest BCUT2D eigenvalue weighted by Gasteiger charge is -2.23. The second-order valence-electron chi connectivity index (χ2n) is 5.58. The van der Waals surface area contributed by atoms with Gasteiger partial charge in [0.05, 0.1) is 0 Å². The summed E-state index contributed by atoms with van der Waals surface area (Å²) < 4.78 is 0. The molecule has 0 spiro atoms. The maximum Gasteiger partial charge on any atom is 0.266 e. The van der Waals surface area contributed by atoms with Gasteiger partial charge >= 0.3 is 0 Å². The number of benzene rings is 2. The monoisotopic (exact) mass is 310 g/mol. The van der Waals surface area contributed by atoms with Crippen LogP contribution in [0.2, 0.25) is 0 Å². The quantitative estimate of drug-likeness (QED) is 0.676. The van der Waals surface area contributed by atoms with Crippen molar-refractivity contribution >= 4 is 11.8 Å². The Balaban J connectivity index is 1.79. The number of hydrogen-bond donors (Lipinski definition) is 2. The number of hydrogen-bond acceptors (Lipinski definition) is 3. The molecule has 1 heterocycles. The summed E-state index contributed by atoms with van der Waals surface area (Å²) in [5, 5.41) is 8.79. The molecule has 1 atom stereocenters. The summed E-state index contributed by atoms with van der Waals surface area (Å²) in [4.78, 5) is 25.8. The first-order valence-corrected chi connectivity index (χ1v) is 7.61. The number of nitrogens with one attached hydrogen (secondary N) is 1. The second-order valence-corrected chi connectivity index (χ2v) is 5.58. The van der Waals surface area contributed by atoms with E-state index in [4.69, 9.17) is 5.21 Å². The van der Waals surface area contributed by atoms with Crippen molar-refractivity contribution in [3.63, 3.8) is 0 Å². The highest BCUT2D eigenvalue weighted by Crippen LogP contribution is 2.23. The fraction of sp³-hybridized carbons (Fsp3) is 0.222. The number of likely N-dealkylation sites (tertiary alicyclic amines) is 1. The Kier molecular flexibility index (Phi) is 4.39. The van der Waals surface area contributed by atoms with Crippen molar-refractivity contribution in [1.29, 1.82) is 0 Å². The van der Waals surface area contributed by atoms with Crippen molar-refractivity contribution in [3.8, 4) is 11.1 Å². The Morgan fingerprint density at radius 1 is 1.00 bits per heavy atom. The molecule has 23 heavy (non-hydrogen) atoms. The van der Waals surface area contributed by atoms with E-state index < -0.39 is 11.9 Å². The Morgan fingerprint density at radius 2 is 1.65 bits per heavy atom. The van der Waals surface area contributed by atoms with Gasteiger partial charge in [-0.3, -0.25) is 14.8 Å². The second kappa shape index (κ2) is 6.62. The molecule has 5 nitrogen and oxygen atoms in total. The topological polar surface area (TPSA) is 69.6 Å². The average molecular weight is 310 g/mol. The SMILES string of the molecule is O=C(NO)[C@@H]1CCCN1C(=O)c1ccc(-c2ccccc2)cc1. The van der Waals surface area contributed by atoms with Gasteiger partial charge in [0.25, 0.3) is 11.8 Å². The molecule has 2 aromatic carbocycles. The lowest BCUT2D eigenvalue weighted by Crippen LogP contribution is -2.45. The summed E-state index contributed by atoms with van der Waals surface area (Å²) in [6.45, 7) is 0.525. The van der Waals surface area contributed by atoms with Crippen LogP contribution in [-0.2, 0) is 4.79 Å². The Bertz CT molecular complexity index is 698. The first kappa shape index (κ1) is 15.2. The minimum Gasteiger partial charge on any atom is -0.327 e. The highest BCUT2D eigenvalue weighted by atomic mass is 16.5. The van der Waals surface area contributed by atoms with E-state index in [0.29, 0.717) is 18.5 Å². The Morgan fingerprint density at radius 3 is 2.30 bits per heavy atom. The molecule has 5 heteroatoms. The van der Waals surface area contributed by atoms with E-state index in [1.54, 1.807) is 17.6 Å². The van der Waals surface area contributed by atoms with E-state index in [2.05, 4.69) is 0 Å². The maximum absolute atomic E-state index is 12.6. The number of hydroxylamine groups is 1. The highest BCUT2D eigenvalue weighted by Gasteiger charge is 2.34. The predicted molar refractivity (Wildman–Crippen MR) is 85.9 cm³/mol. The molecule has 2 N–H and O–H groups in total. The van der Waals surface area contributed by atoms with E-state index in [-0.39, 0.29) is 5.91 Å². The van der Waals surface area contributed by atoms with Crippen molar-refractivity contribution in [3.05, 3.63) is 60.2 Å². The van der Waals surface area contributed by atoms with Crippen LogP contribution >= 0.6 is 0 Å². The predicted octanol–water partition coefficient (Wildman–Crippen LogP) is 2.46. The average Bonchev–Trinajstić information content (AvgIpc) is 3.11. The lowest BCUT2D eigenvalue weighted by molar-refractivity contribution is -0.133. The van der Waals surface area contributed by atoms with Gasteiger partial charge in [0.2, 0.25) is 0 Å². The van der Waals surface area contributed by atoms with E-state index >= 15 is 0 Å². The first-order chi connectivity index (χ1) is 11.2. The Labute approximate surface area is 134 Å². The van der Waals surface area contributed by atoms with Gasteiger partial charge in [-0.1, -0.05) is 42.5 Å². The van der Waals surface area contributed by atoms with Gasteiger partial charge in [-0.15, -0.1) is 0 Å². The summed E-state index contributed by atoms with van der Waals surface area (Å²) in [5.74, 6) is -0.715. The van der Waals surface area contributed by atoms with E-state index in [9.17, 15) is 9.59 Å². The van der Waals surface area contributed by atoms with Gasteiger partial charge in [-0.2, -0.15) is 0 Å². The van der Waals surface area contributed by atoms with Crippen LogP contribution in [0.15, 0.2) is 54.6 Å². The summed E-state index contributed by atoms with van der Waals surface area (Å²) >= 11 is 0. The maximum atomic E-state index is 12.6. The molecule has 0 aromatic heterocycles. The molecule has 0 aliphatic carbocycles. The molecule has 1 aliphatic heterocycles. The molecule has 2 aromatic rings. The van der Waals surface area contributed by atoms with Crippen LogP contribution in [0.25, 0.3) is 11.1 Å². The fourth-order valence-electron chi connectivity index (χ4n) is 2.96. The van der Waals surface area contributed by atoms with Crippen LogP contribution in [-0.4, -0.2) is 34.5 Å². The molecule has 118 valence electrons. The molecule has 0 radical (unpaired) electrons. The minimum atomic E-state index is -0.596. The number of rotatable bonds is 3. The molecular formula is C18H18N2O3. The summed E-state index contributed by atoms with van der Waals surface area (Å²) in [6.07, 6.45) is 1.33. The third kappa shape index (κ3) is 3.10. The molecule has 1 fully saturated rings. The number of nitrogens with zero attached hydrogens (tertiary/aromatic N) is 1. The third-order valence-electron chi connectivity index (χ3n) is 4.17. The zero-order valence-electron chi connectivity index (χ0n) is 12.6. The molecule has 1 saturated heterocycles. The van der Waals surface area contributed by atoms with Crippen LogP contribution in [0.1, 0.15) is 23.2 Å². The van der Waals surface area contributed by atoms with E-state index in [0.717, 1.165) is 17.5 Å². The lowest BCUT2D eigenvalue weighted by atomic mass is 10.0. The highest BCUT2D eigenvalue weighted by molar-refractivity contribution is 5.98. The van der Waals surface area contributed by atoms with Gasteiger partial charge in [0.1, 0.15) is 6.04 Å². The summed E-state index contributed by atoms with van der Waals surface area (Å²) in [7, 11) is 0. The van der Waals surface area contributed by atoms with Crippen molar-refractivity contribution < 1.29 is 14.8 Å². The van der Waals surface area contributed by atoms with Crippen LogP contribution in [0.3, 0.4) is 0 Å². The van der Waals surface area contributed by atoms with Crippen molar-refractivity contribution in [2.45, 2.75) is 18.9 Å².